The fourth-order valence-electron chi connectivity index (χ4n) is 3.29. The molecule has 4 nitrogen and oxygen atoms in total. The fourth-order valence-corrected chi connectivity index (χ4v) is 3.29. The van der Waals surface area contributed by atoms with Gasteiger partial charge in [0.05, 0.1) is 11.3 Å². The zero-order valence-corrected chi connectivity index (χ0v) is 12.9. The first-order chi connectivity index (χ1) is 11.2. The van der Waals surface area contributed by atoms with Gasteiger partial charge in [0.25, 0.3) is 0 Å². The third-order valence-corrected chi connectivity index (χ3v) is 4.51. The smallest absolute Gasteiger partial charge is 0.196 e. The van der Waals surface area contributed by atoms with Crippen molar-refractivity contribution in [2.75, 3.05) is 13.6 Å². The molecule has 0 amide bonds. The minimum Gasteiger partial charge on any atom is -0.363 e. The summed E-state index contributed by atoms with van der Waals surface area (Å²) in [5, 5.41) is 0. The van der Waals surface area contributed by atoms with Gasteiger partial charge in [-0.15, -0.1) is 0 Å². The summed E-state index contributed by atoms with van der Waals surface area (Å²) in [6.45, 7) is 0.976. The van der Waals surface area contributed by atoms with E-state index >= 15 is 0 Å². The van der Waals surface area contributed by atoms with E-state index in [9.17, 15) is 9.59 Å². The third-order valence-electron chi connectivity index (χ3n) is 4.51. The topological polar surface area (TPSA) is 49.7 Å². The predicted molar refractivity (Wildman–Crippen MR) is 88.7 cm³/mol. The quantitative estimate of drug-likeness (QED) is 0.693. The molecule has 0 unspecified atom stereocenters. The van der Waals surface area contributed by atoms with Crippen LogP contribution in [-0.2, 0) is 0 Å². The molecule has 1 aliphatic carbocycles. The van der Waals surface area contributed by atoms with Gasteiger partial charge >= 0.3 is 0 Å². The van der Waals surface area contributed by atoms with Crippen LogP contribution in [0.2, 0.25) is 0 Å². The highest BCUT2D eigenvalue weighted by Crippen LogP contribution is 2.33. The number of carbonyl (C=O) groups excluding carboxylic acids is 2. The lowest BCUT2D eigenvalue weighted by Gasteiger charge is -2.19. The molecule has 4 rings (SSSR count). The highest BCUT2D eigenvalue weighted by atomic mass is 16.1. The second-order valence-electron chi connectivity index (χ2n) is 5.96. The Morgan fingerprint density at radius 2 is 1.61 bits per heavy atom. The van der Waals surface area contributed by atoms with Gasteiger partial charge in [0.1, 0.15) is 5.84 Å². The SMILES string of the molecule is CN1CCCC1=Nc1cccc2c1C(=O)c1ccccc1C2=O. The molecule has 2 aliphatic rings. The van der Waals surface area contributed by atoms with Crippen LogP contribution >= 0.6 is 0 Å². The molecule has 2 aromatic rings. The first-order valence-electron chi connectivity index (χ1n) is 7.77. The maximum atomic E-state index is 12.9. The minimum absolute atomic E-state index is 0.1000. The lowest BCUT2D eigenvalue weighted by atomic mass is 9.83. The Labute approximate surface area is 134 Å². The first-order valence-corrected chi connectivity index (χ1v) is 7.77. The fraction of sp³-hybridized carbons (Fsp3) is 0.211. The van der Waals surface area contributed by atoms with E-state index in [0.29, 0.717) is 27.9 Å². The molecule has 0 N–H and O–H groups in total. The van der Waals surface area contributed by atoms with Crippen LogP contribution in [0.3, 0.4) is 0 Å². The van der Waals surface area contributed by atoms with E-state index in [2.05, 4.69) is 9.89 Å². The Morgan fingerprint density at radius 3 is 2.30 bits per heavy atom. The van der Waals surface area contributed by atoms with Gasteiger partial charge in [0.2, 0.25) is 0 Å². The lowest BCUT2D eigenvalue weighted by molar-refractivity contribution is 0.0979. The molecule has 0 aromatic heterocycles. The molecule has 0 saturated carbocycles. The van der Waals surface area contributed by atoms with Gasteiger partial charge in [0, 0.05) is 36.7 Å². The van der Waals surface area contributed by atoms with E-state index in [0.717, 1.165) is 25.2 Å². The van der Waals surface area contributed by atoms with Crippen LogP contribution in [0, 0.1) is 0 Å². The number of nitrogens with zero attached hydrogens (tertiary/aromatic N) is 2. The van der Waals surface area contributed by atoms with Gasteiger partial charge in [-0.2, -0.15) is 0 Å². The van der Waals surface area contributed by atoms with Gasteiger partial charge in [-0.05, 0) is 12.5 Å². The van der Waals surface area contributed by atoms with Crippen molar-refractivity contribution in [3.8, 4) is 0 Å². The highest BCUT2D eigenvalue weighted by Gasteiger charge is 2.31. The molecule has 0 atom stereocenters. The molecule has 4 heteroatoms. The Hall–Kier alpha value is -2.75. The molecule has 0 radical (unpaired) electrons. The second-order valence-corrected chi connectivity index (χ2v) is 5.96. The number of fused-ring (bicyclic) bond motifs is 2. The van der Waals surface area contributed by atoms with Gasteiger partial charge in [-0.1, -0.05) is 36.4 Å². The van der Waals surface area contributed by atoms with Crippen LogP contribution in [0.5, 0.6) is 0 Å². The Bertz CT molecular complexity index is 867. The summed E-state index contributed by atoms with van der Waals surface area (Å²) in [4.78, 5) is 32.4. The number of hydrogen-bond donors (Lipinski definition) is 0. The second kappa shape index (κ2) is 5.16. The van der Waals surface area contributed by atoms with Crippen molar-refractivity contribution in [2.45, 2.75) is 12.8 Å². The van der Waals surface area contributed by atoms with Crippen LogP contribution in [0.1, 0.15) is 44.7 Å². The standard InChI is InChI=1S/C19H16N2O2/c1-21-11-5-10-16(21)20-15-9-4-8-14-17(15)19(23)13-7-3-2-6-12(13)18(14)22/h2-4,6-9H,5,10-11H2,1H3. The van der Waals surface area contributed by atoms with E-state index < -0.39 is 0 Å². The molecule has 2 aromatic carbocycles. The van der Waals surface area contributed by atoms with E-state index in [-0.39, 0.29) is 11.6 Å². The van der Waals surface area contributed by atoms with E-state index in [1.54, 1.807) is 36.4 Å². The van der Waals surface area contributed by atoms with Crippen LogP contribution in [0.4, 0.5) is 5.69 Å². The van der Waals surface area contributed by atoms with Gasteiger partial charge in [0.15, 0.2) is 11.6 Å². The Morgan fingerprint density at radius 1 is 0.913 bits per heavy atom. The van der Waals surface area contributed by atoms with Crippen molar-refractivity contribution < 1.29 is 9.59 Å². The van der Waals surface area contributed by atoms with Crippen LogP contribution in [-0.4, -0.2) is 35.9 Å². The summed E-state index contributed by atoms with van der Waals surface area (Å²) in [5.41, 5.74) is 2.43. The van der Waals surface area contributed by atoms with E-state index in [1.807, 2.05) is 13.1 Å². The number of aliphatic imine (C=N–C) groups is 1. The van der Waals surface area contributed by atoms with Gasteiger partial charge in [-0.25, -0.2) is 4.99 Å². The number of hydrogen-bond acceptors (Lipinski definition) is 3. The molecular formula is C19H16N2O2. The zero-order chi connectivity index (χ0) is 16.0. The molecule has 1 saturated heterocycles. The van der Waals surface area contributed by atoms with E-state index in [1.165, 1.54) is 0 Å². The van der Waals surface area contributed by atoms with Crippen molar-refractivity contribution in [3.05, 3.63) is 64.7 Å². The van der Waals surface area contributed by atoms with Gasteiger partial charge in [-0.3, -0.25) is 9.59 Å². The average molecular weight is 304 g/mol. The third kappa shape index (κ3) is 2.10. The predicted octanol–water partition coefficient (Wildman–Crippen LogP) is 3.22. The minimum atomic E-state index is -0.115. The molecule has 114 valence electrons. The molecule has 0 bridgehead atoms. The van der Waals surface area contributed by atoms with Crippen molar-refractivity contribution >= 4 is 23.1 Å². The summed E-state index contributed by atoms with van der Waals surface area (Å²) in [5.74, 6) is 0.755. The number of carbonyl (C=O) groups is 2. The Balaban J connectivity index is 1.90. The summed E-state index contributed by atoms with van der Waals surface area (Å²) >= 11 is 0. The monoisotopic (exact) mass is 304 g/mol. The summed E-state index contributed by atoms with van der Waals surface area (Å²) in [6.07, 6.45) is 1.97. The van der Waals surface area contributed by atoms with E-state index in [4.69, 9.17) is 0 Å². The first kappa shape index (κ1) is 13.9. The van der Waals surface area contributed by atoms with Crippen molar-refractivity contribution in [1.82, 2.24) is 4.90 Å². The van der Waals surface area contributed by atoms with Crippen molar-refractivity contribution in [3.63, 3.8) is 0 Å². The number of likely N-dealkylation sites (tertiary alicyclic amines) is 1. The largest absolute Gasteiger partial charge is 0.363 e. The molecule has 23 heavy (non-hydrogen) atoms. The van der Waals surface area contributed by atoms with Gasteiger partial charge < -0.3 is 4.90 Å². The molecule has 1 aliphatic heterocycles. The molecule has 1 fully saturated rings. The van der Waals surface area contributed by atoms with Crippen LogP contribution in [0.25, 0.3) is 0 Å². The summed E-state index contributed by atoms with van der Waals surface area (Å²) in [6, 6.07) is 12.3. The van der Waals surface area contributed by atoms with Crippen molar-refractivity contribution in [2.24, 2.45) is 4.99 Å². The number of amidine groups is 1. The number of rotatable bonds is 1. The normalized spacial score (nSPS) is 18.3. The molecule has 1 heterocycles. The maximum Gasteiger partial charge on any atom is 0.196 e. The number of ketones is 2. The molecular weight excluding hydrogens is 288 g/mol. The summed E-state index contributed by atoms with van der Waals surface area (Å²) < 4.78 is 0. The lowest BCUT2D eigenvalue weighted by Crippen LogP contribution is -2.22. The zero-order valence-electron chi connectivity index (χ0n) is 12.9. The Kier molecular flexibility index (Phi) is 3.11. The summed E-state index contributed by atoms with van der Waals surface area (Å²) in [7, 11) is 2.00. The van der Waals surface area contributed by atoms with Crippen molar-refractivity contribution in [1.29, 1.82) is 0 Å². The number of benzene rings is 2. The maximum absolute atomic E-state index is 12.9. The van der Waals surface area contributed by atoms with Crippen LogP contribution in [0.15, 0.2) is 47.5 Å². The van der Waals surface area contributed by atoms with Crippen LogP contribution < -0.4 is 0 Å². The average Bonchev–Trinajstić information content (AvgIpc) is 2.97. The molecule has 0 spiro atoms. The highest BCUT2D eigenvalue weighted by molar-refractivity contribution is 6.30.